The van der Waals surface area contributed by atoms with Crippen molar-refractivity contribution in [3.8, 4) is 0 Å². The molecule has 0 spiro atoms. The first-order valence-electron chi connectivity index (χ1n) is 4.77. The van der Waals surface area contributed by atoms with Crippen molar-refractivity contribution in [2.75, 3.05) is 13.1 Å². The molecule has 1 nitrogen and oxygen atoms in total. The van der Waals surface area contributed by atoms with Crippen molar-refractivity contribution in [1.82, 2.24) is 5.32 Å². The van der Waals surface area contributed by atoms with E-state index >= 15 is 0 Å². The zero-order valence-electron chi connectivity index (χ0n) is 7.54. The van der Waals surface area contributed by atoms with Crippen LogP contribution in [0.15, 0.2) is 30.3 Å². The fraction of sp³-hybridized carbons (Fsp3) is 0.455. The molecule has 1 fully saturated rings. The van der Waals surface area contributed by atoms with E-state index in [1.807, 2.05) is 30.3 Å². The maximum Gasteiger partial charge on any atom is 0.109 e. The molecule has 1 heterocycles. The molecule has 0 saturated carbocycles. The van der Waals surface area contributed by atoms with Gasteiger partial charge in [-0.1, -0.05) is 30.3 Å². The van der Waals surface area contributed by atoms with Gasteiger partial charge in [0.25, 0.3) is 0 Å². The molecular weight excluding hydrogens is 165 g/mol. The first-order valence-corrected chi connectivity index (χ1v) is 4.77. The maximum absolute atomic E-state index is 13.5. The van der Waals surface area contributed by atoms with Gasteiger partial charge in [0.15, 0.2) is 0 Å². The SMILES string of the molecule is FC1CCNCC1c1ccccc1. The van der Waals surface area contributed by atoms with Crippen LogP contribution in [0.3, 0.4) is 0 Å². The summed E-state index contributed by atoms with van der Waals surface area (Å²) in [6.07, 6.45) is -0.0387. The number of hydrogen-bond acceptors (Lipinski definition) is 1. The van der Waals surface area contributed by atoms with Crippen LogP contribution in [0.2, 0.25) is 0 Å². The summed E-state index contributed by atoms with van der Waals surface area (Å²) in [4.78, 5) is 0. The van der Waals surface area contributed by atoms with Crippen LogP contribution in [-0.4, -0.2) is 19.3 Å². The van der Waals surface area contributed by atoms with Crippen molar-refractivity contribution in [2.24, 2.45) is 0 Å². The summed E-state index contributed by atoms with van der Waals surface area (Å²) in [7, 11) is 0. The van der Waals surface area contributed by atoms with E-state index in [9.17, 15) is 4.39 Å². The van der Waals surface area contributed by atoms with E-state index in [2.05, 4.69) is 5.32 Å². The van der Waals surface area contributed by atoms with Gasteiger partial charge in [0.2, 0.25) is 0 Å². The summed E-state index contributed by atoms with van der Waals surface area (Å²) in [6, 6.07) is 9.91. The summed E-state index contributed by atoms with van der Waals surface area (Å²) in [5, 5.41) is 3.22. The summed E-state index contributed by atoms with van der Waals surface area (Å²) < 4.78 is 13.5. The molecule has 13 heavy (non-hydrogen) atoms. The first-order chi connectivity index (χ1) is 6.38. The van der Waals surface area contributed by atoms with Crippen LogP contribution in [0.25, 0.3) is 0 Å². The van der Waals surface area contributed by atoms with Crippen molar-refractivity contribution < 1.29 is 4.39 Å². The quantitative estimate of drug-likeness (QED) is 0.696. The van der Waals surface area contributed by atoms with Crippen LogP contribution >= 0.6 is 0 Å². The van der Waals surface area contributed by atoms with Gasteiger partial charge < -0.3 is 5.32 Å². The standard InChI is InChI=1S/C11H14FN/c12-11-6-7-13-8-10(11)9-4-2-1-3-5-9/h1-5,10-11,13H,6-8H2. The lowest BCUT2D eigenvalue weighted by Gasteiger charge is -2.26. The van der Waals surface area contributed by atoms with Gasteiger partial charge in [-0.25, -0.2) is 4.39 Å². The van der Waals surface area contributed by atoms with E-state index in [1.54, 1.807) is 0 Å². The van der Waals surface area contributed by atoms with Crippen LogP contribution in [-0.2, 0) is 0 Å². The zero-order valence-corrected chi connectivity index (χ0v) is 7.54. The Morgan fingerprint density at radius 2 is 2.00 bits per heavy atom. The van der Waals surface area contributed by atoms with Crippen LogP contribution in [0.1, 0.15) is 17.9 Å². The highest BCUT2D eigenvalue weighted by Gasteiger charge is 2.25. The van der Waals surface area contributed by atoms with Gasteiger partial charge in [0, 0.05) is 12.5 Å². The molecule has 1 aliphatic rings. The van der Waals surface area contributed by atoms with Gasteiger partial charge in [-0.2, -0.15) is 0 Å². The topological polar surface area (TPSA) is 12.0 Å². The third-order valence-corrected chi connectivity index (χ3v) is 2.63. The molecule has 1 aromatic carbocycles. The van der Waals surface area contributed by atoms with Crippen LogP contribution in [0.5, 0.6) is 0 Å². The molecule has 1 aromatic rings. The minimum Gasteiger partial charge on any atom is -0.316 e. The van der Waals surface area contributed by atoms with Crippen molar-refractivity contribution in [1.29, 1.82) is 0 Å². The third kappa shape index (κ3) is 1.89. The first kappa shape index (κ1) is 8.70. The minimum absolute atomic E-state index is 0.0509. The van der Waals surface area contributed by atoms with E-state index in [0.717, 1.165) is 18.7 Å². The molecular formula is C11H14FN. The fourth-order valence-electron chi connectivity index (χ4n) is 1.85. The van der Waals surface area contributed by atoms with Gasteiger partial charge >= 0.3 is 0 Å². The summed E-state index contributed by atoms with van der Waals surface area (Å²) in [5.74, 6) is 0.0509. The molecule has 0 aromatic heterocycles. The van der Waals surface area contributed by atoms with E-state index in [0.29, 0.717) is 6.42 Å². The Kier molecular flexibility index (Phi) is 2.60. The van der Waals surface area contributed by atoms with E-state index in [-0.39, 0.29) is 5.92 Å². The van der Waals surface area contributed by atoms with Crippen molar-refractivity contribution in [3.63, 3.8) is 0 Å². The maximum atomic E-state index is 13.5. The molecule has 1 N–H and O–H groups in total. The van der Waals surface area contributed by atoms with Crippen molar-refractivity contribution in [2.45, 2.75) is 18.5 Å². The number of hydrogen-bond donors (Lipinski definition) is 1. The lowest BCUT2D eigenvalue weighted by Crippen LogP contribution is -2.36. The highest BCUT2D eigenvalue weighted by molar-refractivity contribution is 5.21. The van der Waals surface area contributed by atoms with Crippen molar-refractivity contribution >= 4 is 0 Å². The fourth-order valence-corrected chi connectivity index (χ4v) is 1.85. The molecule has 0 aliphatic carbocycles. The number of benzene rings is 1. The Hall–Kier alpha value is -0.890. The van der Waals surface area contributed by atoms with Gasteiger partial charge in [-0.15, -0.1) is 0 Å². The lowest BCUT2D eigenvalue weighted by atomic mass is 9.90. The molecule has 1 saturated heterocycles. The Balaban J connectivity index is 2.15. The van der Waals surface area contributed by atoms with Gasteiger partial charge in [-0.05, 0) is 18.5 Å². The molecule has 0 bridgehead atoms. The van der Waals surface area contributed by atoms with Crippen LogP contribution in [0, 0.1) is 0 Å². The van der Waals surface area contributed by atoms with E-state index in [4.69, 9.17) is 0 Å². The largest absolute Gasteiger partial charge is 0.316 e. The number of alkyl halides is 1. The predicted molar refractivity (Wildman–Crippen MR) is 51.6 cm³/mol. The highest BCUT2D eigenvalue weighted by atomic mass is 19.1. The number of rotatable bonds is 1. The second-order valence-electron chi connectivity index (χ2n) is 3.53. The average Bonchev–Trinajstić information content (AvgIpc) is 2.20. The second kappa shape index (κ2) is 3.88. The Labute approximate surface area is 78.0 Å². The zero-order chi connectivity index (χ0) is 9.10. The van der Waals surface area contributed by atoms with E-state index in [1.165, 1.54) is 0 Å². The third-order valence-electron chi connectivity index (χ3n) is 2.63. The monoisotopic (exact) mass is 179 g/mol. The molecule has 2 unspecified atom stereocenters. The Morgan fingerprint density at radius 3 is 2.69 bits per heavy atom. The molecule has 1 aliphatic heterocycles. The summed E-state index contributed by atoms with van der Waals surface area (Å²) in [6.45, 7) is 1.58. The Bertz CT molecular complexity index is 260. The summed E-state index contributed by atoms with van der Waals surface area (Å²) >= 11 is 0. The molecule has 2 heteroatoms. The van der Waals surface area contributed by atoms with Gasteiger partial charge in [0.1, 0.15) is 6.17 Å². The predicted octanol–water partition coefficient (Wildman–Crippen LogP) is 2.10. The molecule has 0 amide bonds. The lowest BCUT2D eigenvalue weighted by molar-refractivity contribution is 0.228. The van der Waals surface area contributed by atoms with Gasteiger partial charge in [-0.3, -0.25) is 0 Å². The van der Waals surface area contributed by atoms with Crippen LogP contribution < -0.4 is 5.32 Å². The van der Waals surface area contributed by atoms with Crippen molar-refractivity contribution in [3.05, 3.63) is 35.9 Å². The highest BCUT2D eigenvalue weighted by Crippen LogP contribution is 2.25. The number of piperidine rings is 1. The molecule has 70 valence electrons. The smallest absolute Gasteiger partial charge is 0.109 e. The summed E-state index contributed by atoms with van der Waals surface area (Å²) in [5.41, 5.74) is 1.11. The average molecular weight is 179 g/mol. The molecule has 2 rings (SSSR count). The number of halogens is 1. The molecule has 0 radical (unpaired) electrons. The minimum atomic E-state index is -0.677. The van der Waals surface area contributed by atoms with Crippen LogP contribution in [0.4, 0.5) is 4.39 Å². The normalized spacial score (nSPS) is 28.7. The Morgan fingerprint density at radius 1 is 1.23 bits per heavy atom. The van der Waals surface area contributed by atoms with E-state index < -0.39 is 6.17 Å². The van der Waals surface area contributed by atoms with Gasteiger partial charge in [0.05, 0.1) is 0 Å². The number of nitrogens with one attached hydrogen (secondary N) is 1. The second-order valence-corrected chi connectivity index (χ2v) is 3.53. The molecule has 2 atom stereocenters.